The van der Waals surface area contributed by atoms with E-state index >= 15 is 0 Å². The van der Waals surface area contributed by atoms with Crippen molar-refractivity contribution in [2.45, 2.75) is 52.5 Å². The number of nitrogens with zero attached hydrogens (tertiary/aromatic N) is 1. The SMILES string of the molecule is CCOc1cc(N)ccc1C(=O)OC[C@H](CC(C)C)N1CCCCC1. The number of benzene rings is 1. The Morgan fingerprint density at radius 3 is 2.60 bits per heavy atom. The molecule has 0 unspecified atom stereocenters. The van der Waals surface area contributed by atoms with E-state index in [1.807, 2.05) is 6.92 Å². The van der Waals surface area contributed by atoms with Gasteiger partial charge in [0.15, 0.2) is 0 Å². The lowest BCUT2D eigenvalue weighted by Gasteiger charge is -2.35. The Labute approximate surface area is 151 Å². The monoisotopic (exact) mass is 348 g/mol. The van der Waals surface area contributed by atoms with Gasteiger partial charge in [-0.3, -0.25) is 4.90 Å². The third-order valence-corrected chi connectivity index (χ3v) is 4.58. The van der Waals surface area contributed by atoms with E-state index < -0.39 is 0 Å². The molecule has 0 saturated carbocycles. The predicted molar refractivity (Wildman–Crippen MR) is 101 cm³/mol. The Bertz CT molecular complexity index is 554. The fourth-order valence-electron chi connectivity index (χ4n) is 3.38. The summed E-state index contributed by atoms with van der Waals surface area (Å²) in [6.45, 7) is 9.41. The molecule has 1 saturated heterocycles. The minimum Gasteiger partial charge on any atom is -0.493 e. The second kappa shape index (κ2) is 9.66. The molecule has 25 heavy (non-hydrogen) atoms. The fraction of sp³-hybridized carbons (Fsp3) is 0.650. The molecule has 1 fully saturated rings. The van der Waals surface area contributed by atoms with Gasteiger partial charge in [0.25, 0.3) is 0 Å². The third-order valence-electron chi connectivity index (χ3n) is 4.58. The van der Waals surface area contributed by atoms with Crippen LogP contribution in [-0.2, 0) is 4.74 Å². The number of rotatable bonds is 8. The highest BCUT2D eigenvalue weighted by Gasteiger charge is 2.24. The molecule has 0 bridgehead atoms. The topological polar surface area (TPSA) is 64.8 Å². The maximum absolute atomic E-state index is 12.6. The van der Waals surface area contributed by atoms with Gasteiger partial charge in [-0.05, 0) is 57.3 Å². The molecule has 0 aromatic heterocycles. The Morgan fingerprint density at radius 2 is 1.96 bits per heavy atom. The van der Waals surface area contributed by atoms with Crippen LogP contribution >= 0.6 is 0 Å². The van der Waals surface area contributed by atoms with E-state index in [4.69, 9.17) is 15.2 Å². The minimum absolute atomic E-state index is 0.286. The normalized spacial score (nSPS) is 16.6. The maximum Gasteiger partial charge on any atom is 0.341 e. The first-order chi connectivity index (χ1) is 12.0. The van der Waals surface area contributed by atoms with Gasteiger partial charge in [-0.2, -0.15) is 0 Å². The van der Waals surface area contributed by atoms with Gasteiger partial charge in [0, 0.05) is 17.8 Å². The van der Waals surface area contributed by atoms with Gasteiger partial charge < -0.3 is 15.2 Å². The number of esters is 1. The van der Waals surface area contributed by atoms with E-state index in [0.717, 1.165) is 19.5 Å². The quantitative estimate of drug-likeness (QED) is 0.573. The van der Waals surface area contributed by atoms with Crippen LogP contribution in [0.15, 0.2) is 18.2 Å². The average Bonchev–Trinajstić information content (AvgIpc) is 2.59. The van der Waals surface area contributed by atoms with Gasteiger partial charge in [0.2, 0.25) is 0 Å². The molecule has 0 aliphatic carbocycles. The number of likely N-dealkylation sites (tertiary alicyclic amines) is 1. The number of carbonyl (C=O) groups excluding carboxylic acids is 1. The van der Waals surface area contributed by atoms with Crippen LogP contribution in [0.25, 0.3) is 0 Å². The van der Waals surface area contributed by atoms with Gasteiger partial charge in [0.05, 0.1) is 6.61 Å². The van der Waals surface area contributed by atoms with Crippen molar-refractivity contribution in [3.8, 4) is 5.75 Å². The Kier molecular flexibility index (Phi) is 7.56. The number of ether oxygens (including phenoxy) is 2. The van der Waals surface area contributed by atoms with E-state index in [0.29, 0.717) is 36.1 Å². The van der Waals surface area contributed by atoms with Crippen molar-refractivity contribution in [2.75, 3.05) is 32.0 Å². The molecule has 1 aliphatic rings. The minimum atomic E-state index is -0.339. The summed E-state index contributed by atoms with van der Waals surface area (Å²) >= 11 is 0. The van der Waals surface area contributed by atoms with Crippen LogP contribution in [0.4, 0.5) is 5.69 Å². The molecule has 0 amide bonds. The third kappa shape index (κ3) is 5.92. The number of nitrogens with two attached hydrogens (primary N) is 1. The lowest BCUT2D eigenvalue weighted by Crippen LogP contribution is -2.43. The summed E-state index contributed by atoms with van der Waals surface area (Å²) in [6.07, 6.45) is 4.80. The summed E-state index contributed by atoms with van der Waals surface area (Å²) in [5.41, 5.74) is 6.81. The largest absolute Gasteiger partial charge is 0.493 e. The van der Waals surface area contributed by atoms with E-state index in [1.54, 1.807) is 18.2 Å². The van der Waals surface area contributed by atoms with Crippen molar-refractivity contribution < 1.29 is 14.3 Å². The zero-order valence-corrected chi connectivity index (χ0v) is 15.8. The molecule has 140 valence electrons. The van der Waals surface area contributed by atoms with Crippen LogP contribution in [0.2, 0.25) is 0 Å². The summed E-state index contributed by atoms with van der Waals surface area (Å²) in [6, 6.07) is 5.35. The molecule has 0 radical (unpaired) electrons. The van der Waals surface area contributed by atoms with E-state index in [9.17, 15) is 4.79 Å². The van der Waals surface area contributed by atoms with Crippen LogP contribution in [0.5, 0.6) is 5.75 Å². The lowest BCUT2D eigenvalue weighted by molar-refractivity contribution is 0.0280. The summed E-state index contributed by atoms with van der Waals surface area (Å²) < 4.78 is 11.2. The summed E-state index contributed by atoms with van der Waals surface area (Å²) in [7, 11) is 0. The lowest BCUT2D eigenvalue weighted by atomic mass is 10.0. The molecule has 1 aliphatic heterocycles. The van der Waals surface area contributed by atoms with Crippen molar-refractivity contribution in [1.82, 2.24) is 4.90 Å². The first-order valence-corrected chi connectivity index (χ1v) is 9.44. The van der Waals surface area contributed by atoms with Crippen LogP contribution in [0.1, 0.15) is 56.8 Å². The maximum atomic E-state index is 12.6. The van der Waals surface area contributed by atoms with Gasteiger partial charge in [-0.25, -0.2) is 4.79 Å². The summed E-state index contributed by atoms with van der Waals surface area (Å²) in [5.74, 6) is 0.723. The van der Waals surface area contributed by atoms with E-state index in [-0.39, 0.29) is 12.0 Å². The number of carbonyl (C=O) groups is 1. The predicted octanol–water partition coefficient (Wildman–Crippen LogP) is 3.72. The molecule has 5 heteroatoms. The smallest absolute Gasteiger partial charge is 0.341 e. The van der Waals surface area contributed by atoms with Crippen molar-refractivity contribution in [1.29, 1.82) is 0 Å². The Morgan fingerprint density at radius 1 is 1.24 bits per heavy atom. The Hall–Kier alpha value is -1.75. The van der Waals surface area contributed by atoms with Crippen LogP contribution in [-0.4, -0.2) is 43.2 Å². The molecule has 1 heterocycles. The van der Waals surface area contributed by atoms with Crippen molar-refractivity contribution in [3.63, 3.8) is 0 Å². The first kappa shape index (κ1) is 19.6. The second-order valence-electron chi connectivity index (χ2n) is 7.17. The van der Waals surface area contributed by atoms with Crippen molar-refractivity contribution in [3.05, 3.63) is 23.8 Å². The molecule has 2 rings (SSSR count). The van der Waals surface area contributed by atoms with Gasteiger partial charge in [-0.1, -0.05) is 20.3 Å². The Balaban J connectivity index is 2.02. The highest BCUT2D eigenvalue weighted by Crippen LogP contribution is 2.24. The van der Waals surface area contributed by atoms with Crippen molar-refractivity contribution >= 4 is 11.7 Å². The number of piperidine rings is 1. The molecular formula is C20H32N2O3. The molecule has 1 atom stereocenters. The van der Waals surface area contributed by atoms with E-state index in [2.05, 4.69) is 18.7 Å². The van der Waals surface area contributed by atoms with Gasteiger partial charge in [0.1, 0.15) is 17.9 Å². The number of nitrogen functional groups attached to an aromatic ring is 1. The van der Waals surface area contributed by atoms with Crippen LogP contribution in [0, 0.1) is 5.92 Å². The second-order valence-corrected chi connectivity index (χ2v) is 7.17. The number of hydrogen-bond acceptors (Lipinski definition) is 5. The zero-order chi connectivity index (χ0) is 18.2. The fourth-order valence-corrected chi connectivity index (χ4v) is 3.38. The highest BCUT2D eigenvalue weighted by atomic mass is 16.5. The molecular weight excluding hydrogens is 316 g/mol. The summed E-state index contributed by atoms with van der Waals surface area (Å²) in [5, 5.41) is 0. The molecule has 5 nitrogen and oxygen atoms in total. The van der Waals surface area contributed by atoms with Crippen LogP contribution in [0.3, 0.4) is 0 Å². The standard InChI is InChI=1S/C20H32N2O3/c1-4-24-19-13-16(21)8-9-18(19)20(23)25-14-17(12-15(2)3)22-10-6-5-7-11-22/h8-9,13,15,17H,4-7,10-12,14,21H2,1-3H3/t17-/m0/s1. The van der Waals surface area contributed by atoms with Crippen LogP contribution < -0.4 is 10.5 Å². The van der Waals surface area contributed by atoms with Crippen molar-refractivity contribution in [2.24, 2.45) is 5.92 Å². The summed E-state index contributed by atoms with van der Waals surface area (Å²) in [4.78, 5) is 15.0. The molecule has 2 N–H and O–H groups in total. The van der Waals surface area contributed by atoms with E-state index in [1.165, 1.54) is 19.3 Å². The van der Waals surface area contributed by atoms with Gasteiger partial charge >= 0.3 is 5.97 Å². The molecule has 0 spiro atoms. The first-order valence-electron chi connectivity index (χ1n) is 9.44. The average molecular weight is 348 g/mol. The molecule has 1 aromatic carbocycles. The number of anilines is 1. The number of hydrogen-bond donors (Lipinski definition) is 1. The van der Waals surface area contributed by atoms with Gasteiger partial charge in [-0.15, -0.1) is 0 Å². The zero-order valence-electron chi connectivity index (χ0n) is 15.8. The molecule has 1 aromatic rings. The highest BCUT2D eigenvalue weighted by molar-refractivity contribution is 5.93.